The van der Waals surface area contributed by atoms with Gasteiger partial charge in [-0.1, -0.05) is 25.6 Å². The van der Waals surface area contributed by atoms with E-state index in [1.807, 2.05) is 0 Å². The van der Waals surface area contributed by atoms with Gasteiger partial charge in [-0.2, -0.15) is 0 Å². The molecule has 0 aromatic heterocycles. The third-order valence-electron chi connectivity index (χ3n) is 2.36. The summed E-state index contributed by atoms with van der Waals surface area (Å²) in [6.07, 6.45) is 0.997. The minimum absolute atomic E-state index is 0.324. The van der Waals surface area contributed by atoms with Crippen molar-refractivity contribution >= 4 is 8.07 Å². The zero-order valence-electron chi connectivity index (χ0n) is 10.3. The molecule has 90 valence electrons. The lowest BCUT2D eigenvalue weighted by atomic mass is 10.1. The second kappa shape index (κ2) is 5.15. The largest absolute Gasteiger partial charge is 0.388 e. The summed E-state index contributed by atoms with van der Waals surface area (Å²) in [6, 6.07) is 0. The number of rotatable bonds is 1. The first-order chi connectivity index (χ1) is 7.31. The predicted molar refractivity (Wildman–Crippen MR) is 66.6 cm³/mol. The fourth-order valence-electron chi connectivity index (χ4n) is 1.44. The van der Waals surface area contributed by atoms with Crippen LogP contribution in [-0.2, 0) is 4.74 Å². The summed E-state index contributed by atoms with van der Waals surface area (Å²) < 4.78 is 5.37. The van der Waals surface area contributed by atoms with Crippen LogP contribution in [0.3, 0.4) is 0 Å². The maximum Gasteiger partial charge on any atom is 0.129 e. The van der Waals surface area contributed by atoms with E-state index in [9.17, 15) is 10.2 Å². The fourth-order valence-corrected chi connectivity index (χ4v) is 1.96. The smallest absolute Gasteiger partial charge is 0.129 e. The molecule has 0 spiro atoms. The number of allylic oxidation sites excluding steroid dienone is 1. The molecule has 0 aromatic rings. The molecule has 1 saturated heterocycles. The van der Waals surface area contributed by atoms with Gasteiger partial charge in [0.25, 0.3) is 0 Å². The first-order valence-corrected chi connectivity index (χ1v) is 9.02. The number of ether oxygens (including phenoxy) is 1. The summed E-state index contributed by atoms with van der Waals surface area (Å²) in [5, 5.41) is 19.1. The van der Waals surface area contributed by atoms with Crippen LogP contribution in [0.25, 0.3) is 0 Å². The van der Waals surface area contributed by atoms with Gasteiger partial charge in [-0.15, -0.1) is 5.54 Å². The van der Waals surface area contributed by atoms with Crippen LogP contribution in [0.2, 0.25) is 19.6 Å². The van der Waals surface area contributed by atoms with Crippen LogP contribution in [0.1, 0.15) is 6.92 Å². The lowest BCUT2D eigenvalue weighted by molar-refractivity contribution is 0.0316. The van der Waals surface area contributed by atoms with Crippen molar-refractivity contribution in [1.82, 2.24) is 0 Å². The maximum atomic E-state index is 9.62. The van der Waals surface area contributed by atoms with Gasteiger partial charge in [-0.3, -0.25) is 0 Å². The molecule has 0 amide bonds. The van der Waals surface area contributed by atoms with Gasteiger partial charge < -0.3 is 14.9 Å². The van der Waals surface area contributed by atoms with Crippen molar-refractivity contribution in [3.63, 3.8) is 0 Å². The third kappa shape index (κ3) is 3.76. The lowest BCUT2D eigenvalue weighted by Gasteiger charge is -2.09. The Balaban J connectivity index is 2.55. The summed E-state index contributed by atoms with van der Waals surface area (Å²) in [6.45, 7) is 8.25. The Morgan fingerprint density at radius 2 is 1.81 bits per heavy atom. The van der Waals surface area contributed by atoms with E-state index >= 15 is 0 Å². The summed E-state index contributed by atoms with van der Waals surface area (Å²) >= 11 is 0. The molecule has 2 N–H and O–H groups in total. The summed E-state index contributed by atoms with van der Waals surface area (Å²) in [5.74, 6) is 2.96. The van der Waals surface area contributed by atoms with Gasteiger partial charge in [0.1, 0.15) is 26.4 Å². The summed E-state index contributed by atoms with van der Waals surface area (Å²) in [7, 11) is -1.34. The molecule has 0 saturated carbocycles. The van der Waals surface area contributed by atoms with Crippen LogP contribution >= 0.6 is 0 Å². The van der Waals surface area contributed by atoms with E-state index in [1.54, 1.807) is 19.1 Å². The second-order valence-electron chi connectivity index (χ2n) is 5.17. The zero-order chi connectivity index (χ0) is 12.3. The Kier molecular flexibility index (Phi) is 4.33. The average Bonchev–Trinajstić information content (AvgIpc) is 2.40. The predicted octanol–water partition coefficient (Wildman–Crippen LogP) is 0.932. The SMILES string of the molecule is C[C@@H]1O[C@H](C=CC#C[Si](C)(C)C)[C@H](O)C1O. The molecule has 0 bridgehead atoms. The number of aliphatic hydroxyl groups is 2. The van der Waals surface area contributed by atoms with Crippen LogP contribution in [0.15, 0.2) is 12.2 Å². The number of hydrogen-bond acceptors (Lipinski definition) is 3. The van der Waals surface area contributed by atoms with Crippen LogP contribution < -0.4 is 0 Å². The van der Waals surface area contributed by atoms with Crippen LogP contribution in [-0.4, -0.2) is 42.7 Å². The van der Waals surface area contributed by atoms with Crippen molar-refractivity contribution in [3.05, 3.63) is 12.2 Å². The van der Waals surface area contributed by atoms with E-state index < -0.39 is 26.4 Å². The van der Waals surface area contributed by atoms with Crippen molar-refractivity contribution in [2.75, 3.05) is 0 Å². The summed E-state index contributed by atoms with van der Waals surface area (Å²) in [4.78, 5) is 0. The average molecular weight is 240 g/mol. The highest BCUT2D eigenvalue weighted by molar-refractivity contribution is 6.83. The van der Waals surface area contributed by atoms with Crippen molar-refractivity contribution in [1.29, 1.82) is 0 Å². The Morgan fingerprint density at radius 3 is 2.25 bits per heavy atom. The van der Waals surface area contributed by atoms with E-state index in [0.717, 1.165) is 0 Å². The number of hydrogen-bond donors (Lipinski definition) is 2. The Morgan fingerprint density at radius 1 is 1.19 bits per heavy atom. The highest BCUT2D eigenvalue weighted by Gasteiger charge is 2.38. The van der Waals surface area contributed by atoms with Gasteiger partial charge >= 0.3 is 0 Å². The van der Waals surface area contributed by atoms with Crippen molar-refractivity contribution in [2.45, 2.75) is 51.0 Å². The molecule has 4 heteroatoms. The molecule has 16 heavy (non-hydrogen) atoms. The molecule has 1 rings (SSSR count). The summed E-state index contributed by atoms with van der Waals surface area (Å²) in [5.41, 5.74) is 3.19. The fraction of sp³-hybridized carbons (Fsp3) is 0.667. The molecule has 0 radical (unpaired) electrons. The molecule has 0 aromatic carbocycles. The molecular formula is C12H20O3Si. The van der Waals surface area contributed by atoms with E-state index in [4.69, 9.17) is 4.74 Å². The van der Waals surface area contributed by atoms with Gasteiger partial charge in [0.15, 0.2) is 0 Å². The Bertz CT molecular complexity index is 321. The molecular weight excluding hydrogens is 220 g/mol. The molecule has 1 fully saturated rings. The minimum atomic E-state index is -1.34. The lowest BCUT2D eigenvalue weighted by Crippen LogP contribution is -2.30. The Hall–Kier alpha value is -0.603. The highest BCUT2D eigenvalue weighted by Crippen LogP contribution is 2.21. The molecule has 1 unspecified atom stereocenters. The molecule has 0 aliphatic carbocycles. The first kappa shape index (κ1) is 13.5. The van der Waals surface area contributed by atoms with Crippen molar-refractivity contribution in [2.24, 2.45) is 0 Å². The minimum Gasteiger partial charge on any atom is -0.388 e. The Labute approximate surface area is 98.1 Å². The van der Waals surface area contributed by atoms with Gasteiger partial charge in [-0.25, -0.2) is 0 Å². The molecule has 3 nitrogen and oxygen atoms in total. The zero-order valence-corrected chi connectivity index (χ0v) is 11.3. The highest BCUT2D eigenvalue weighted by atomic mass is 28.3. The first-order valence-electron chi connectivity index (χ1n) is 5.52. The third-order valence-corrected chi connectivity index (χ3v) is 3.25. The van der Waals surface area contributed by atoms with E-state index in [0.29, 0.717) is 0 Å². The molecule has 4 atom stereocenters. The molecule has 1 aliphatic rings. The monoisotopic (exact) mass is 240 g/mol. The quantitative estimate of drug-likeness (QED) is 0.529. The molecule has 1 aliphatic heterocycles. The van der Waals surface area contributed by atoms with Crippen molar-refractivity contribution in [3.8, 4) is 11.5 Å². The van der Waals surface area contributed by atoms with Gasteiger partial charge in [-0.05, 0) is 19.1 Å². The van der Waals surface area contributed by atoms with E-state index in [2.05, 4.69) is 31.1 Å². The van der Waals surface area contributed by atoms with Crippen molar-refractivity contribution < 1.29 is 14.9 Å². The van der Waals surface area contributed by atoms with Crippen LogP contribution in [0.4, 0.5) is 0 Å². The maximum absolute atomic E-state index is 9.62. The van der Waals surface area contributed by atoms with Crippen LogP contribution in [0, 0.1) is 11.5 Å². The van der Waals surface area contributed by atoms with E-state index in [1.165, 1.54) is 0 Å². The number of aliphatic hydroxyl groups excluding tert-OH is 2. The standard InChI is InChI=1S/C12H20O3Si/c1-9-11(13)12(14)10(15-9)7-5-6-8-16(2,3)4/h5,7,9-14H,1-4H3/t9-,10+,11?,12-/m0/s1. The van der Waals surface area contributed by atoms with Crippen LogP contribution in [0.5, 0.6) is 0 Å². The van der Waals surface area contributed by atoms with Gasteiger partial charge in [0, 0.05) is 0 Å². The topological polar surface area (TPSA) is 49.7 Å². The normalized spacial score (nSPS) is 35.1. The van der Waals surface area contributed by atoms with E-state index in [-0.39, 0.29) is 6.10 Å². The van der Waals surface area contributed by atoms with Gasteiger partial charge in [0.05, 0.1) is 6.10 Å². The van der Waals surface area contributed by atoms with Gasteiger partial charge in [0.2, 0.25) is 0 Å². The second-order valence-corrected chi connectivity index (χ2v) is 9.92. The molecule has 1 heterocycles.